The Bertz CT molecular complexity index is 799. The van der Waals surface area contributed by atoms with Crippen LogP contribution < -0.4 is 0 Å². The third kappa shape index (κ3) is 5.55. The summed E-state index contributed by atoms with van der Waals surface area (Å²) in [6.45, 7) is 29.2. The molecular formula is C30H46N2O2Si2. The first kappa shape index (κ1) is 28.4. The molecule has 2 aliphatic heterocycles. The summed E-state index contributed by atoms with van der Waals surface area (Å²) in [6.07, 6.45) is 9.24. The summed E-state index contributed by atoms with van der Waals surface area (Å²) in [4.78, 5) is 10.3. The Balaban J connectivity index is 1.71. The smallest absolute Gasteiger partial charge is 0.192 e. The van der Waals surface area contributed by atoms with Crippen molar-refractivity contribution in [2.75, 3.05) is 13.2 Å². The number of aliphatic imine (C=N–C) groups is 2. The van der Waals surface area contributed by atoms with E-state index in [4.69, 9.17) is 19.5 Å². The second kappa shape index (κ2) is 9.53. The number of rotatable bonds is 5. The molecule has 0 aromatic rings. The molecule has 2 atom stereocenters. The van der Waals surface area contributed by atoms with Crippen molar-refractivity contribution in [3.63, 3.8) is 0 Å². The van der Waals surface area contributed by atoms with Crippen molar-refractivity contribution in [3.8, 4) is 0 Å². The lowest BCUT2D eigenvalue weighted by atomic mass is 9.77. The highest BCUT2D eigenvalue weighted by Crippen LogP contribution is 2.59. The summed E-state index contributed by atoms with van der Waals surface area (Å²) in [6, 6.07) is 0.327. The van der Waals surface area contributed by atoms with Gasteiger partial charge >= 0.3 is 0 Å². The Morgan fingerprint density at radius 2 is 0.944 bits per heavy atom. The summed E-state index contributed by atoms with van der Waals surface area (Å²) >= 11 is 0. The van der Waals surface area contributed by atoms with Crippen LogP contribution in [0.15, 0.2) is 9.98 Å². The van der Waals surface area contributed by atoms with Gasteiger partial charge in [0.15, 0.2) is 11.8 Å². The molecule has 4 nitrogen and oxygen atoms in total. The zero-order valence-corrected chi connectivity index (χ0v) is 26.6. The molecule has 10 radical (unpaired) electrons. The van der Waals surface area contributed by atoms with Crippen LogP contribution in [0.25, 0.3) is 0 Å². The van der Waals surface area contributed by atoms with Gasteiger partial charge in [-0.05, 0) is 47.6 Å². The van der Waals surface area contributed by atoms with Gasteiger partial charge in [0.25, 0.3) is 0 Å². The van der Waals surface area contributed by atoms with Crippen LogP contribution in [0.3, 0.4) is 0 Å². The molecule has 4 rings (SSSR count). The summed E-state index contributed by atoms with van der Waals surface area (Å²) in [5, 5.41) is 0. The molecule has 2 aliphatic carbocycles. The average molecular weight is 523 g/mol. The van der Waals surface area contributed by atoms with E-state index in [0.717, 1.165) is 11.8 Å². The summed E-state index contributed by atoms with van der Waals surface area (Å²) in [7, 11) is -3.31. The van der Waals surface area contributed by atoms with Crippen molar-refractivity contribution in [2.45, 2.75) is 92.9 Å². The van der Waals surface area contributed by atoms with Crippen molar-refractivity contribution < 1.29 is 9.47 Å². The van der Waals surface area contributed by atoms with E-state index < -0.39 is 16.1 Å². The molecule has 0 spiro atoms. The lowest BCUT2D eigenvalue weighted by molar-refractivity contribution is 0.234. The molecule has 2 fully saturated rings. The standard InChI is InChI=1S/C30H46N2O2Si2/c1-29(2,3)23-17-33-27(31-23)25-19(13-15-21(25)35(7,8)9)20-14-16-22(36(10,11)12)26(20)28-32-24(18-34-28)30(4,5)6/h13-16,23-24H,17-18H2,1-12H3/t23-,24-/m1/s1. The fourth-order valence-corrected chi connectivity index (χ4v) is 8.18. The van der Waals surface area contributed by atoms with E-state index in [1.165, 1.54) is 34.8 Å². The second-order valence-corrected chi connectivity index (χ2v) is 24.9. The molecule has 4 aliphatic rings. The average Bonchev–Trinajstić information content (AvgIpc) is 3.49. The molecular weight excluding hydrogens is 477 g/mol. The van der Waals surface area contributed by atoms with Crippen LogP contribution in [-0.2, 0) is 9.47 Å². The monoisotopic (exact) mass is 522 g/mol. The minimum atomic E-state index is -1.65. The summed E-state index contributed by atoms with van der Waals surface area (Å²) in [5.41, 5.74) is 2.96. The van der Waals surface area contributed by atoms with Gasteiger partial charge in [-0.3, -0.25) is 0 Å². The molecule has 0 unspecified atom stereocenters. The lowest BCUT2D eigenvalue weighted by Crippen LogP contribution is -2.40. The first-order chi connectivity index (χ1) is 16.4. The van der Waals surface area contributed by atoms with E-state index in [9.17, 15) is 0 Å². The minimum Gasteiger partial charge on any atom is -0.478 e. The van der Waals surface area contributed by atoms with E-state index in [-0.39, 0.29) is 22.9 Å². The van der Waals surface area contributed by atoms with Gasteiger partial charge in [0, 0.05) is 11.8 Å². The fourth-order valence-electron chi connectivity index (χ4n) is 5.03. The molecule has 0 aromatic heterocycles. The number of nitrogens with zero attached hydrogens (tertiary/aromatic N) is 2. The van der Waals surface area contributed by atoms with Crippen LogP contribution in [0.5, 0.6) is 0 Å². The first-order valence-electron chi connectivity index (χ1n) is 13.4. The van der Waals surface area contributed by atoms with Crippen molar-refractivity contribution in [2.24, 2.45) is 20.8 Å². The lowest BCUT2D eigenvalue weighted by Gasteiger charge is -2.36. The quantitative estimate of drug-likeness (QED) is 0.376. The molecule has 2 heterocycles. The van der Waals surface area contributed by atoms with E-state index in [1.807, 2.05) is 0 Å². The fraction of sp³-hybridized carbons (Fsp3) is 0.600. The number of hydrogen-bond acceptors (Lipinski definition) is 4. The van der Waals surface area contributed by atoms with Gasteiger partial charge in [0.1, 0.15) is 13.2 Å². The highest BCUT2D eigenvalue weighted by Gasteiger charge is 2.59. The highest BCUT2D eigenvalue weighted by atomic mass is 28.3. The SMILES string of the molecule is CC(C)(C)[C@H]1COC([C]2[C]([C]3[CH][CH][C]([Si](C)(C)C)[C]3C3=N[C@@H](C(C)(C)C)CO3)[CH][CH][C]2[Si](C)(C)C)=N1. The Hall–Kier alpha value is -0.626. The molecule has 36 heavy (non-hydrogen) atoms. The Labute approximate surface area is 224 Å². The Kier molecular flexibility index (Phi) is 7.52. The van der Waals surface area contributed by atoms with Crippen molar-refractivity contribution >= 4 is 27.9 Å². The number of hydrogen-bond donors (Lipinski definition) is 0. The normalized spacial score (nSPS) is 29.1. The maximum absolute atomic E-state index is 6.36. The van der Waals surface area contributed by atoms with Crippen LogP contribution in [0.1, 0.15) is 41.5 Å². The Morgan fingerprint density at radius 3 is 1.19 bits per heavy atom. The summed E-state index contributed by atoms with van der Waals surface area (Å²) in [5.74, 6) is 6.45. The zero-order chi connectivity index (χ0) is 26.8. The van der Waals surface area contributed by atoms with Gasteiger partial charge in [-0.2, -0.15) is 0 Å². The molecule has 196 valence electrons. The van der Waals surface area contributed by atoms with E-state index in [2.05, 4.69) is 107 Å². The second-order valence-electron chi connectivity index (χ2n) is 14.8. The predicted octanol–water partition coefficient (Wildman–Crippen LogP) is 6.72. The van der Waals surface area contributed by atoms with E-state index in [0.29, 0.717) is 13.2 Å². The summed E-state index contributed by atoms with van der Waals surface area (Å²) < 4.78 is 12.7. The maximum atomic E-state index is 6.36. The van der Waals surface area contributed by atoms with Gasteiger partial charge in [-0.1, -0.05) is 80.8 Å². The van der Waals surface area contributed by atoms with E-state index >= 15 is 0 Å². The van der Waals surface area contributed by atoms with Gasteiger partial charge in [0.05, 0.1) is 40.1 Å². The van der Waals surface area contributed by atoms with Gasteiger partial charge in [0.2, 0.25) is 0 Å². The Morgan fingerprint density at radius 1 is 0.611 bits per heavy atom. The van der Waals surface area contributed by atoms with Gasteiger partial charge in [-0.25, -0.2) is 9.98 Å². The highest BCUT2D eigenvalue weighted by molar-refractivity contribution is 6.84. The molecule has 6 heteroatoms. The largest absolute Gasteiger partial charge is 0.478 e. The van der Waals surface area contributed by atoms with Gasteiger partial charge in [-0.15, -0.1) is 0 Å². The van der Waals surface area contributed by atoms with Crippen molar-refractivity contribution in [1.82, 2.24) is 0 Å². The molecule has 0 N–H and O–H groups in total. The third-order valence-electron chi connectivity index (χ3n) is 7.55. The predicted molar refractivity (Wildman–Crippen MR) is 157 cm³/mol. The molecule has 0 saturated heterocycles. The molecule has 0 bridgehead atoms. The van der Waals surface area contributed by atoms with Crippen LogP contribution >= 0.6 is 0 Å². The van der Waals surface area contributed by atoms with E-state index in [1.54, 1.807) is 0 Å². The zero-order valence-electron chi connectivity index (χ0n) is 24.6. The van der Waals surface area contributed by atoms with Crippen LogP contribution in [0, 0.1) is 71.3 Å². The van der Waals surface area contributed by atoms with Crippen molar-refractivity contribution in [3.05, 3.63) is 60.4 Å². The molecule has 0 aromatic carbocycles. The van der Waals surface area contributed by atoms with Gasteiger partial charge < -0.3 is 9.47 Å². The van der Waals surface area contributed by atoms with Crippen LogP contribution in [0.4, 0.5) is 0 Å². The third-order valence-corrected chi connectivity index (χ3v) is 11.6. The van der Waals surface area contributed by atoms with Crippen molar-refractivity contribution in [1.29, 1.82) is 0 Å². The van der Waals surface area contributed by atoms with Crippen LogP contribution in [-0.4, -0.2) is 53.2 Å². The minimum absolute atomic E-state index is 0.0681. The molecule has 2 saturated carbocycles. The maximum Gasteiger partial charge on any atom is 0.192 e. The van der Waals surface area contributed by atoms with Crippen LogP contribution in [0.2, 0.25) is 39.3 Å². The number of ether oxygens (including phenoxy) is 2. The molecule has 0 amide bonds. The first-order valence-corrected chi connectivity index (χ1v) is 20.4. The topological polar surface area (TPSA) is 43.2 Å².